The van der Waals surface area contributed by atoms with E-state index in [0.717, 1.165) is 26.1 Å². The summed E-state index contributed by atoms with van der Waals surface area (Å²) >= 11 is 0. The average Bonchev–Trinajstić information content (AvgIpc) is 2.06. The van der Waals surface area contributed by atoms with E-state index in [9.17, 15) is 4.79 Å². The zero-order valence-corrected chi connectivity index (χ0v) is 8.92. The van der Waals surface area contributed by atoms with Crippen LogP contribution in [0.5, 0.6) is 0 Å². The fraction of sp³-hybridized carbons (Fsp3) is 0.900. The molecule has 4 nitrogen and oxygen atoms in total. The molecule has 2 aliphatic heterocycles. The number of amides is 1. The Morgan fingerprint density at radius 2 is 2.00 bits per heavy atom. The van der Waals surface area contributed by atoms with Gasteiger partial charge < -0.3 is 15.5 Å². The summed E-state index contributed by atoms with van der Waals surface area (Å²) in [7, 11) is 0. The van der Waals surface area contributed by atoms with E-state index in [0.29, 0.717) is 12.1 Å². The van der Waals surface area contributed by atoms with Crippen LogP contribution in [0.3, 0.4) is 0 Å². The highest BCUT2D eigenvalue weighted by atomic mass is 16.2. The Bertz CT molecular complexity index is 227. The second-order valence-corrected chi connectivity index (χ2v) is 4.31. The quantitative estimate of drug-likeness (QED) is 0.599. The van der Waals surface area contributed by atoms with E-state index in [-0.39, 0.29) is 11.9 Å². The van der Waals surface area contributed by atoms with Crippen LogP contribution in [0.25, 0.3) is 0 Å². The number of piperazine rings is 1. The summed E-state index contributed by atoms with van der Waals surface area (Å²) in [5.74, 6) is 0.289. The van der Waals surface area contributed by atoms with Crippen LogP contribution in [-0.2, 0) is 4.79 Å². The van der Waals surface area contributed by atoms with E-state index in [1.165, 1.54) is 0 Å². The van der Waals surface area contributed by atoms with Crippen molar-refractivity contribution in [2.75, 3.05) is 19.6 Å². The van der Waals surface area contributed by atoms with Crippen LogP contribution in [0.2, 0.25) is 0 Å². The van der Waals surface area contributed by atoms with Gasteiger partial charge in [-0.1, -0.05) is 0 Å². The molecule has 4 heteroatoms. The number of carbonyl (C=O) groups excluding carboxylic acids is 1. The number of nitrogens with zero attached hydrogens (tertiary/aromatic N) is 1. The van der Waals surface area contributed by atoms with Crippen molar-refractivity contribution in [2.24, 2.45) is 0 Å². The van der Waals surface area contributed by atoms with Gasteiger partial charge in [-0.25, -0.2) is 0 Å². The Kier molecular flexibility index (Phi) is 2.74. The highest BCUT2D eigenvalue weighted by Gasteiger charge is 2.34. The molecule has 2 aliphatic rings. The zero-order chi connectivity index (χ0) is 10.1. The summed E-state index contributed by atoms with van der Waals surface area (Å²) in [6.45, 7) is 7.02. The van der Waals surface area contributed by atoms with Crippen LogP contribution >= 0.6 is 0 Å². The minimum atomic E-state index is 0.0998. The molecule has 0 saturated carbocycles. The smallest absolute Gasteiger partial charge is 0.240 e. The molecule has 1 amide bonds. The van der Waals surface area contributed by atoms with Gasteiger partial charge in [-0.3, -0.25) is 4.79 Å². The maximum absolute atomic E-state index is 12.0. The first-order valence-electron chi connectivity index (χ1n) is 5.47. The number of nitrogens with one attached hydrogen (secondary N) is 2. The molecule has 2 unspecified atom stereocenters. The fourth-order valence-corrected chi connectivity index (χ4v) is 2.07. The lowest BCUT2D eigenvalue weighted by Gasteiger charge is -2.42. The van der Waals surface area contributed by atoms with Crippen LogP contribution in [-0.4, -0.2) is 48.6 Å². The third-order valence-corrected chi connectivity index (χ3v) is 3.44. The summed E-state index contributed by atoms with van der Waals surface area (Å²) in [5, 5.41) is 6.54. The molecule has 0 radical (unpaired) electrons. The van der Waals surface area contributed by atoms with Gasteiger partial charge in [-0.2, -0.15) is 0 Å². The van der Waals surface area contributed by atoms with Crippen LogP contribution < -0.4 is 10.6 Å². The van der Waals surface area contributed by atoms with Gasteiger partial charge in [-0.15, -0.1) is 0 Å². The first-order chi connectivity index (χ1) is 6.70. The van der Waals surface area contributed by atoms with Crippen molar-refractivity contribution >= 4 is 5.91 Å². The first-order valence-corrected chi connectivity index (χ1v) is 5.47. The summed E-state index contributed by atoms with van der Waals surface area (Å²) in [6.07, 6.45) is 1.00. The lowest BCUT2D eigenvalue weighted by molar-refractivity contribution is -0.138. The summed E-state index contributed by atoms with van der Waals surface area (Å²) in [5.41, 5.74) is 0. The van der Waals surface area contributed by atoms with E-state index >= 15 is 0 Å². The molecule has 2 N–H and O–H groups in total. The molecule has 2 saturated heterocycles. The van der Waals surface area contributed by atoms with E-state index in [4.69, 9.17) is 0 Å². The van der Waals surface area contributed by atoms with Gasteiger partial charge in [0.15, 0.2) is 0 Å². The van der Waals surface area contributed by atoms with Gasteiger partial charge in [-0.05, 0) is 26.8 Å². The topological polar surface area (TPSA) is 44.4 Å². The van der Waals surface area contributed by atoms with Crippen LogP contribution in [0, 0.1) is 0 Å². The maximum Gasteiger partial charge on any atom is 0.240 e. The predicted molar refractivity (Wildman–Crippen MR) is 55.0 cm³/mol. The van der Waals surface area contributed by atoms with Crippen molar-refractivity contribution in [1.29, 1.82) is 0 Å². The molecule has 0 aromatic rings. The van der Waals surface area contributed by atoms with E-state index in [1.807, 2.05) is 4.90 Å². The summed E-state index contributed by atoms with van der Waals surface area (Å²) in [4.78, 5) is 14.0. The maximum atomic E-state index is 12.0. The van der Waals surface area contributed by atoms with Gasteiger partial charge in [0, 0.05) is 25.2 Å². The second kappa shape index (κ2) is 3.87. The van der Waals surface area contributed by atoms with Crippen molar-refractivity contribution < 1.29 is 4.79 Å². The molecule has 0 aromatic heterocycles. The highest BCUT2D eigenvalue weighted by Crippen LogP contribution is 2.14. The number of rotatable bonds is 1. The number of carbonyl (C=O) groups is 1. The van der Waals surface area contributed by atoms with Crippen molar-refractivity contribution in [1.82, 2.24) is 15.5 Å². The zero-order valence-electron chi connectivity index (χ0n) is 8.92. The molecule has 0 aliphatic carbocycles. The normalized spacial score (nSPS) is 37.9. The predicted octanol–water partition coefficient (Wildman–Crippen LogP) is -0.443. The molecule has 0 bridgehead atoms. The Morgan fingerprint density at radius 3 is 2.57 bits per heavy atom. The van der Waals surface area contributed by atoms with Crippen molar-refractivity contribution in [3.8, 4) is 0 Å². The molecule has 2 rings (SSSR count). The highest BCUT2D eigenvalue weighted by molar-refractivity contribution is 5.83. The standard InChI is InChI=1S/C10H19N3O/c1-7-8(2)13(6-5-11-7)10(14)9-3-4-12-9/h7-9,11-12H,3-6H2,1-2H3/t7?,8?,9-/m1/s1. The number of hydrogen-bond donors (Lipinski definition) is 2. The molecule has 14 heavy (non-hydrogen) atoms. The lowest BCUT2D eigenvalue weighted by atomic mass is 10.0. The first kappa shape index (κ1) is 9.93. The van der Waals surface area contributed by atoms with Crippen LogP contribution in [0.1, 0.15) is 20.3 Å². The lowest BCUT2D eigenvalue weighted by Crippen LogP contribution is -2.63. The molecule has 80 valence electrons. The Balaban J connectivity index is 1.97. The molecule has 0 spiro atoms. The summed E-state index contributed by atoms with van der Waals surface area (Å²) in [6, 6.07) is 0.828. The van der Waals surface area contributed by atoms with Crippen LogP contribution in [0.4, 0.5) is 0 Å². The van der Waals surface area contributed by atoms with Crippen molar-refractivity contribution in [3.05, 3.63) is 0 Å². The van der Waals surface area contributed by atoms with Crippen LogP contribution in [0.15, 0.2) is 0 Å². The third-order valence-electron chi connectivity index (χ3n) is 3.44. The molecule has 0 aromatic carbocycles. The Labute approximate surface area is 85.0 Å². The van der Waals surface area contributed by atoms with E-state index in [1.54, 1.807) is 0 Å². The third kappa shape index (κ3) is 1.64. The SMILES string of the molecule is CC1NCCN(C(=O)[C@H]2CCN2)C1C. The average molecular weight is 197 g/mol. The molecular weight excluding hydrogens is 178 g/mol. The van der Waals surface area contributed by atoms with Gasteiger partial charge in [0.1, 0.15) is 0 Å². The minimum absolute atomic E-state index is 0.0998. The molecule has 3 atom stereocenters. The molecular formula is C10H19N3O. The van der Waals surface area contributed by atoms with Gasteiger partial charge in [0.05, 0.1) is 6.04 Å². The van der Waals surface area contributed by atoms with Crippen molar-refractivity contribution in [2.45, 2.75) is 38.4 Å². The van der Waals surface area contributed by atoms with Crippen molar-refractivity contribution in [3.63, 3.8) is 0 Å². The fourth-order valence-electron chi connectivity index (χ4n) is 2.07. The van der Waals surface area contributed by atoms with E-state index < -0.39 is 0 Å². The Hall–Kier alpha value is -0.610. The number of hydrogen-bond acceptors (Lipinski definition) is 3. The summed E-state index contributed by atoms with van der Waals surface area (Å²) < 4.78 is 0. The largest absolute Gasteiger partial charge is 0.336 e. The Morgan fingerprint density at radius 1 is 1.29 bits per heavy atom. The van der Waals surface area contributed by atoms with Gasteiger partial charge in [0.25, 0.3) is 0 Å². The molecule has 2 heterocycles. The van der Waals surface area contributed by atoms with Gasteiger partial charge >= 0.3 is 0 Å². The van der Waals surface area contributed by atoms with E-state index in [2.05, 4.69) is 24.5 Å². The monoisotopic (exact) mass is 197 g/mol. The minimum Gasteiger partial charge on any atom is -0.336 e. The molecule has 2 fully saturated rings. The van der Waals surface area contributed by atoms with Gasteiger partial charge in [0.2, 0.25) is 5.91 Å². The second-order valence-electron chi connectivity index (χ2n) is 4.31.